The number of aromatic nitrogens is 4. The van der Waals surface area contributed by atoms with Crippen LogP contribution < -0.4 is 16.0 Å². The average Bonchev–Trinajstić information content (AvgIpc) is 3.04. The molecule has 8 heteroatoms. The van der Waals surface area contributed by atoms with Crippen molar-refractivity contribution in [3.05, 3.63) is 85.9 Å². The Labute approximate surface area is 171 Å². The highest BCUT2D eigenvalue weighted by Crippen LogP contribution is 2.26. The van der Waals surface area contributed by atoms with Gasteiger partial charge in [-0.1, -0.05) is 12.1 Å². The van der Waals surface area contributed by atoms with Crippen LogP contribution in [0.4, 0.5) is 4.39 Å². The largest absolute Gasteiger partial charge is 0.457 e. The molecule has 0 aliphatic heterocycles. The summed E-state index contributed by atoms with van der Waals surface area (Å²) in [6, 6.07) is 11.5. The minimum absolute atomic E-state index is 0.320. The molecule has 0 amide bonds. The van der Waals surface area contributed by atoms with E-state index in [1.165, 1.54) is 23.7 Å². The smallest absolute Gasteiger partial charge is 0.331 e. The van der Waals surface area contributed by atoms with E-state index >= 15 is 0 Å². The lowest BCUT2D eigenvalue weighted by molar-refractivity contribution is 0.476. The van der Waals surface area contributed by atoms with Gasteiger partial charge < -0.3 is 4.74 Å². The van der Waals surface area contributed by atoms with Crippen LogP contribution in [-0.2, 0) is 20.6 Å². The fourth-order valence-corrected chi connectivity index (χ4v) is 3.59. The number of hydrogen-bond donors (Lipinski definition) is 0. The first-order chi connectivity index (χ1) is 14.3. The van der Waals surface area contributed by atoms with Crippen LogP contribution in [0.5, 0.6) is 11.5 Å². The molecule has 2 aromatic heterocycles. The molecule has 0 atom stereocenters. The summed E-state index contributed by atoms with van der Waals surface area (Å²) >= 11 is 0. The van der Waals surface area contributed by atoms with Gasteiger partial charge in [-0.2, -0.15) is 5.10 Å². The van der Waals surface area contributed by atoms with Gasteiger partial charge in [-0.3, -0.25) is 18.6 Å². The van der Waals surface area contributed by atoms with Crippen molar-refractivity contribution < 1.29 is 9.13 Å². The molecule has 30 heavy (non-hydrogen) atoms. The third-order valence-corrected chi connectivity index (χ3v) is 5.13. The molecule has 0 radical (unpaired) electrons. The van der Waals surface area contributed by atoms with E-state index in [-0.39, 0.29) is 17.1 Å². The molecule has 0 spiro atoms. The molecule has 4 rings (SSSR count). The lowest BCUT2D eigenvalue weighted by atomic mass is 10.1. The van der Waals surface area contributed by atoms with Crippen LogP contribution >= 0.6 is 0 Å². The van der Waals surface area contributed by atoms with Gasteiger partial charge in [0, 0.05) is 14.1 Å². The van der Waals surface area contributed by atoms with Gasteiger partial charge in [0.05, 0.1) is 17.8 Å². The maximum absolute atomic E-state index is 13.1. The van der Waals surface area contributed by atoms with Crippen molar-refractivity contribution >= 4 is 11.0 Å². The molecule has 4 aromatic rings. The highest BCUT2D eigenvalue weighted by atomic mass is 19.1. The number of halogens is 1. The van der Waals surface area contributed by atoms with Crippen LogP contribution in [0.15, 0.2) is 52.1 Å². The van der Waals surface area contributed by atoms with E-state index in [1.54, 1.807) is 30.8 Å². The van der Waals surface area contributed by atoms with Gasteiger partial charge >= 0.3 is 5.69 Å². The first kappa shape index (κ1) is 19.6. The van der Waals surface area contributed by atoms with Crippen molar-refractivity contribution in [1.29, 1.82) is 0 Å². The van der Waals surface area contributed by atoms with E-state index in [1.807, 2.05) is 25.1 Å². The quantitative estimate of drug-likeness (QED) is 0.520. The van der Waals surface area contributed by atoms with Gasteiger partial charge in [-0.15, -0.1) is 0 Å². The molecular formula is C22H21FN4O3. The Morgan fingerprint density at radius 1 is 0.967 bits per heavy atom. The van der Waals surface area contributed by atoms with Crippen molar-refractivity contribution in [3.8, 4) is 11.5 Å². The Balaban J connectivity index is 1.69. The molecule has 0 N–H and O–H groups in total. The summed E-state index contributed by atoms with van der Waals surface area (Å²) in [6.07, 6.45) is 0. The molecule has 0 saturated heterocycles. The summed E-state index contributed by atoms with van der Waals surface area (Å²) in [5, 5.41) is 4.49. The van der Waals surface area contributed by atoms with E-state index in [4.69, 9.17) is 4.74 Å². The number of rotatable bonds is 4. The van der Waals surface area contributed by atoms with E-state index in [9.17, 15) is 14.0 Å². The number of aryl methyl sites for hydroxylation is 3. The van der Waals surface area contributed by atoms with Crippen molar-refractivity contribution in [2.75, 3.05) is 0 Å². The maximum atomic E-state index is 13.1. The number of fused-ring (bicyclic) bond motifs is 1. The molecular weight excluding hydrogens is 387 g/mol. The van der Waals surface area contributed by atoms with Crippen molar-refractivity contribution in [2.24, 2.45) is 14.1 Å². The zero-order chi connectivity index (χ0) is 21.6. The third-order valence-electron chi connectivity index (χ3n) is 5.13. The second-order valence-electron chi connectivity index (χ2n) is 7.30. The Hall–Kier alpha value is -3.68. The first-order valence-corrected chi connectivity index (χ1v) is 9.42. The lowest BCUT2D eigenvalue weighted by Crippen LogP contribution is -2.37. The van der Waals surface area contributed by atoms with Gasteiger partial charge in [-0.05, 0) is 55.3 Å². The monoisotopic (exact) mass is 408 g/mol. The van der Waals surface area contributed by atoms with Gasteiger partial charge in [-0.25, -0.2) is 9.18 Å². The van der Waals surface area contributed by atoms with Crippen LogP contribution in [0.1, 0.15) is 16.8 Å². The minimum atomic E-state index is -0.381. The third kappa shape index (κ3) is 3.30. The minimum Gasteiger partial charge on any atom is -0.457 e. The van der Waals surface area contributed by atoms with Crippen LogP contribution in [0.25, 0.3) is 11.0 Å². The summed E-state index contributed by atoms with van der Waals surface area (Å²) in [6.45, 7) is 4.07. The zero-order valence-electron chi connectivity index (χ0n) is 17.1. The molecule has 0 bridgehead atoms. The average molecular weight is 408 g/mol. The van der Waals surface area contributed by atoms with Gasteiger partial charge in [0.1, 0.15) is 17.3 Å². The zero-order valence-corrected chi connectivity index (χ0v) is 17.1. The summed E-state index contributed by atoms with van der Waals surface area (Å²) in [5.41, 5.74) is 2.62. The summed E-state index contributed by atoms with van der Waals surface area (Å²) in [7, 11) is 3.09. The fourth-order valence-electron chi connectivity index (χ4n) is 3.59. The molecule has 0 aliphatic carbocycles. The van der Waals surface area contributed by atoms with Crippen LogP contribution in [-0.4, -0.2) is 18.9 Å². The van der Waals surface area contributed by atoms with Gasteiger partial charge in [0.25, 0.3) is 5.56 Å². The highest BCUT2D eigenvalue weighted by molar-refractivity contribution is 5.77. The molecule has 0 unspecified atom stereocenters. The standard InChI is InChI=1S/C22H21FN4O3/c1-13-11-15(5-10-18(13)30-17-8-6-16(23)7-9-17)12-27-20-19(14(2)24-27)25(3)22(29)26(4)21(20)28/h5-11H,12H2,1-4H3. The molecule has 0 aliphatic rings. The van der Waals surface area contributed by atoms with Gasteiger partial charge in [0.2, 0.25) is 0 Å². The van der Waals surface area contributed by atoms with Crippen LogP contribution in [0.2, 0.25) is 0 Å². The number of ether oxygens (including phenoxy) is 1. The normalized spacial score (nSPS) is 11.2. The Morgan fingerprint density at radius 2 is 1.67 bits per heavy atom. The van der Waals surface area contributed by atoms with Crippen molar-refractivity contribution in [2.45, 2.75) is 20.4 Å². The van der Waals surface area contributed by atoms with Crippen molar-refractivity contribution in [1.82, 2.24) is 18.9 Å². The van der Waals surface area contributed by atoms with E-state index < -0.39 is 0 Å². The maximum Gasteiger partial charge on any atom is 0.331 e. The van der Waals surface area contributed by atoms with E-state index in [0.717, 1.165) is 15.7 Å². The predicted octanol–water partition coefficient (Wildman–Crippen LogP) is 3.03. The lowest BCUT2D eigenvalue weighted by Gasteiger charge is -2.11. The summed E-state index contributed by atoms with van der Waals surface area (Å²) in [5.74, 6) is 0.885. The SMILES string of the molecule is Cc1cc(Cn2nc(C)c3c2c(=O)n(C)c(=O)n3C)ccc1Oc1ccc(F)cc1. The topological polar surface area (TPSA) is 71.0 Å². The second kappa shape index (κ2) is 7.29. The van der Waals surface area contributed by atoms with Gasteiger partial charge in [0.15, 0.2) is 5.52 Å². The number of benzene rings is 2. The van der Waals surface area contributed by atoms with Crippen molar-refractivity contribution in [3.63, 3.8) is 0 Å². The summed E-state index contributed by atoms with van der Waals surface area (Å²) < 4.78 is 23.1. The second-order valence-corrected chi connectivity index (χ2v) is 7.30. The number of hydrogen-bond acceptors (Lipinski definition) is 4. The molecule has 0 fully saturated rings. The molecule has 0 saturated carbocycles. The Morgan fingerprint density at radius 3 is 2.33 bits per heavy atom. The molecule has 7 nitrogen and oxygen atoms in total. The predicted molar refractivity (Wildman–Crippen MR) is 112 cm³/mol. The highest BCUT2D eigenvalue weighted by Gasteiger charge is 2.17. The molecule has 2 aromatic carbocycles. The Bertz CT molecular complexity index is 1380. The number of nitrogens with zero attached hydrogens (tertiary/aromatic N) is 4. The van der Waals surface area contributed by atoms with E-state index in [0.29, 0.717) is 34.8 Å². The Kier molecular flexibility index (Phi) is 4.77. The van der Waals surface area contributed by atoms with Crippen LogP contribution in [0.3, 0.4) is 0 Å². The van der Waals surface area contributed by atoms with E-state index in [2.05, 4.69) is 5.10 Å². The fraction of sp³-hybridized carbons (Fsp3) is 0.227. The first-order valence-electron chi connectivity index (χ1n) is 9.42. The molecule has 154 valence electrons. The van der Waals surface area contributed by atoms with Crippen LogP contribution in [0, 0.1) is 19.7 Å². The summed E-state index contributed by atoms with van der Waals surface area (Å²) in [4.78, 5) is 24.9. The molecule has 2 heterocycles.